The van der Waals surface area contributed by atoms with Crippen LogP contribution in [0.5, 0.6) is 0 Å². The molecule has 0 bridgehead atoms. The van der Waals surface area contributed by atoms with Crippen molar-refractivity contribution in [1.82, 2.24) is 0 Å². The van der Waals surface area contributed by atoms with Crippen molar-refractivity contribution in [3.8, 4) is 0 Å². The molecule has 1 unspecified atom stereocenters. The lowest BCUT2D eigenvalue weighted by atomic mass is 10.1. The molecular formula is C13H13BrFNO4S. The Morgan fingerprint density at radius 3 is 2.71 bits per heavy atom. The summed E-state index contributed by atoms with van der Waals surface area (Å²) < 4.78 is 34.8. The topological polar surface area (TPSA) is 71.5 Å². The van der Waals surface area contributed by atoms with Gasteiger partial charge in [-0.25, -0.2) is 0 Å². The molecule has 1 aromatic carbocycles. The summed E-state index contributed by atoms with van der Waals surface area (Å²) >= 11 is 3.26. The third-order valence-electron chi connectivity index (χ3n) is 3.27. The minimum Gasteiger partial charge on any atom is -0.311 e. The van der Waals surface area contributed by atoms with Gasteiger partial charge in [-0.3, -0.25) is 9.59 Å². The zero-order valence-electron chi connectivity index (χ0n) is 11.2. The van der Waals surface area contributed by atoms with Crippen molar-refractivity contribution in [3.05, 3.63) is 28.2 Å². The van der Waals surface area contributed by atoms with E-state index < -0.39 is 21.9 Å². The van der Waals surface area contributed by atoms with Crippen molar-refractivity contribution in [3.63, 3.8) is 0 Å². The highest BCUT2D eigenvalue weighted by Gasteiger charge is 2.34. The first kappa shape index (κ1) is 16.1. The minimum absolute atomic E-state index is 0.0451. The summed E-state index contributed by atoms with van der Waals surface area (Å²) in [6.07, 6.45) is -0.0451. The molecule has 1 aliphatic heterocycles. The van der Waals surface area contributed by atoms with Crippen molar-refractivity contribution in [2.24, 2.45) is 5.92 Å². The third-order valence-corrected chi connectivity index (χ3v) is 4.63. The second kappa shape index (κ2) is 5.84. The lowest BCUT2D eigenvalue weighted by Crippen LogP contribution is -2.27. The zero-order chi connectivity index (χ0) is 15.8. The van der Waals surface area contributed by atoms with Crippen LogP contribution in [0.1, 0.15) is 23.7 Å². The summed E-state index contributed by atoms with van der Waals surface area (Å²) in [5.74, 6) is -1.80. The molecule has 2 rings (SSSR count). The highest BCUT2D eigenvalue weighted by atomic mass is 79.9. The van der Waals surface area contributed by atoms with Crippen LogP contribution in [0.15, 0.2) is 22.7 Å². The van der Waals surface area contributed by atoms with Crippen LogP contribution in [0.4, 0.5) is 9.57 Å². The number of Topliss-reactive ketones (excluding diaryl/α,β-unsaturated/α-hetero) is 1. The maximum Gasteiger partial charge on any atom is 0.302 e. The highest BCUT2D eigenvalue weighted by molar-refractivity contribution is 9.10. The van der Waals surface area contributed by atoms with Crippen LogP contribution in [0.3, 0.4) is 0 Å². The molecule has 0 N–H and O–H groups in total. The number of nitrogens with zero attached hydrogens (tertiary/aromatic N) is 1. The molecule has 1 aromatic rings. The van der Waals surface area contributed by atoms with E-state index in [1.807, 2.05) is 0 Å². The number of halogens is 2. The number of hydrogen-bond donors (Lipinski definition) is 0. The lowest BCUT2D eigenvalue weighted by molar-refractivity contribution is -0.117. The Kier molecular flexibility index (Phi) is 4.48. The normalized spacial score (nSPS) is 19.1. The summed E-state index contributed by atoms with van der Waals surface area (Å²) in [6, 6.07) is 4.91. The Morgan fingerprint density at radius 2 is 2.14 bits per heavy atom. The summed E-state index contributed by atoms with van der Waals surface area (Å²) in [4.78, 5) is 25.0. The molecule has 1 saturated heterocycles. The van der Waals surface area contributed by atoms with Crippen LogP contribution in [-0.4, -0.2) is 32.4 Å². The first-order valence-corrected chi connectivity index (χ1v) is 8.55. The average molecular weight is 378 g/mol. The number of amides is 1. The van der Waals surface area contributed by atoms with E-state index in [0.717, 1.165) is 0 Å². The van der Waals surface area contributed by atoms with E-state index in [4.69, 9.17) is 0 Å². The summed E-state index contributed by atoms with van der Waals surface area (Å²) in [6.45, 7) is 1.47. The highest BCUT2D eigenvalue weighted by Crippen LogP contribution is 2.31. The van der Waals surface area contributed by atoms with Gasteiger partial charge in [0.25, 0.3) is 0 Å². The fourth-order valence-corrected chi connectivity index (χ4v) is 3.58. The maximum atomic E-state index is 12.7. The average Bonchev–Trinajstić information content (AvgIpc) is 2.67. The molecule has 1 atom stereocenters. The van der Waals surface area contributed by atoms with Gasteiger partial charge in [-0.15, -0.1) is 3.89 Å². The molecule has 1 amide bonds. The van der Waals surface area contributed by atoms with E-state index >= 15 is 0 Å². The molecule has 1 aliphatic rings. The number of benzene rings is 1. The van der Waals surface area contributed by atoms with Crippen molar-refractivity contribution >= 4 is 43.5 Å². The number of rotatable bonds is 4. The van der Waals surface area contributed by atoms with E-state index in [0.29, 0.717) is 15.7 Å². The Hall–Kier alpha value is -1.28. The smallest absolute Gasteiger partial charge is 0.302 e. The number of carbonyl (C=O) groups excluding carboxylic acids is 2. The van der Waals surface area contributed by atoms with Gasteiger partial charge in [0.05, 0.1) is 11.4 Å². The van der Waals surface area contributed by atoms with E-state index in [1.165, 1.54) is 11.8 Å². The van der Waals surface area contributed by atoms with Gasteiger partial charge in [-0.2, -0.15) is 8.42 Å². The van der Waals surface area contributed by atoms with Gasteiger partial charge in [0.1, 0.15) is 0 Å². The molecule has 0 radical (unpaired) electrons. The summed E-state index contributed by atoms with van der Waals surface area (Å²) in [7, 11) is -4.62. The van der Waals surface area contributed by atoms with Gasteiger partial charge in [0.15, 0.2) is 5.78 Å². The van der Waals surface area contributed by atoms with Crippen LogP contribution >= 0.6 is 15.9 Å². The van der Waals surface area contributed by atoms with Crippen LogP contribution < -0.4 is 4.90 Å². The van der Waals surface area contributed by atoms with Crippen molar-refractivity contribution < 1.29 is 21.9 Å². The number of hydrogen-bond acceptors (Lipinski definition) is 4. The standard InChI is InChI=1S/C13H13BrFNO4S/c1-8(17)11-5-10(14)2-3-12(11)16-6-9(4-13(16)18)7-21(15,19)20/h2-3,5,9H,4,6-7H2,1H3. The van der Waals surface area contributed by atoms with Gasteiger partial charge >= 0.3 is 10.2 Å². The molecular weight excluding hydrogens is 365 g/mol. The predicted octanol–water partition coefficient (Wildman–Crippen LogP) is 2.30. The molecule has 0 aliphatic carbocycles. The monoisotopic (exact) mass is 377 g/mol. The Balaban J connectivity index is 2.31. The molecule has 5 nitrogen and oxygen atoms in total. The minimum atomic E-state index is -4.62. The molecule has 0 saturated carbocycles. The van der Waals surface area contributed by atoms with Gasteiger partial charge in [-0.1, -0.05) is 15.9 Å². The zero-order valence-corrected chi connectivity index (χ0v) is 13.6. The molecule has 1 fully saturated rings. The number of carbonyl (C=O) groups is 2. The SMILES string of the molecule is CC(=O)c1cc(Br)ccc1N1CC(CS(=O)(=O)F)CC1=O. The first-order chi connectivity index (χ1) is 9.67. The van der Waals surface area contributed by atoms with Crippen molar-refractivity contribution in [2.45, 2.75) is 13.3 Å². The third kappa shape index (κ3) is 3.88. The molecule has 1 heterocycles. The van der Waals surface area contributed by atoms with E-state index in [-0.39, 0.29) is 24.7 Å². The Bertz CT molecular complexity index is 704. The van der Waals surface area contributed by atoms with E-state index in [2.05, 4.69) is 15.9 Å². The van der Waals surface area contributed by atoms with Crippen molar-refractivity contribution in [1.29, 1.82) is 0 Å². The fraction of sp³-hybridized carbons (Fsp3) is 0.385. The predicted molar refractivity (Wildman–Crippen MR) is 79.5 cm³/mol. The molecule has 21 heavy (non-hydrogen) atoms. The molecule has 114 valence electrons. The van der Waals surface area contributed by atoms with Crippen LogP contribution in [0.25, 0.3) is 0 Å². The second-order valence-electron chi connectivity index (χ2n) is 5.00. The molecule has 8 heteroatoms. The van der Waals surface area contributed by atoms with Gasteiger partial charge in [0, 0.05) is 28.9 Å². The van der Waals surface area contributed by atoms with Gasteiger partial charge < -0.3 is 4.90 Å². The quantitative estimate of drug-likeness (QED) is 0.596. The summed E-state index contributed by atoms with van der Waals surface area (Å²) in [5.41, 5.74) is 0.788. The van der Waals surface area contributed by atoms with Gasteiger partial charge in [-0.05, 0) is 25.1 Å². The van der Waals surface area contributed by atoms with E-state index in [1.54, 1.807) is 18.2 Å². The van der Waals surface area contributed by atoms with Crippen LogP contribution in [0, 0.1) is 5.92 Å². The first-order valence-electron chi connectivity index (χ1n) is 6.20. The van der Waals surface area contributed by atoms with Crippen LogP contribution in [0.2, 0.25) is 0 Å². The maximum absolute atomic E-state index is 12.7. The number of ketones is 1. The number of anilines is 1. The van der Waals surface area contributed by atoms with Gasteiger partial charge in [0.2, 0.25) is 5.91 Å². The molecule has 0 aromatic heterocycles. The largest absolute Gasteiger partial charge is 0.311 e. The fourth-order valence-electron chi connectivity index (χ4n) is 2.43. The second-order valence-corrected chi connectivity index (χ2v) is 7.32. The lowest BCUT2D eigenvalue weighted by Gasteiger charge is -2.19. The van der Waals surface area contributed by atoms with E-state index in [9.17, 15) is 21.9 Å². The molecule has 0 spiro atoms. The Labute approximate surface area is 130 Å². The van der Waals surface area contributed by atoms with Crippen LogP contribution in [-0.2, 0) is 15.0 Å². The van der Waals surface area contributed by atoms with Crippen molar-refractivity contribution in [2.75, 3.05) is 17.2 Å². The Morgan fingerprint density at radius 1 is 1.48 bits per heavy atom. The summed E-state index contributed by atoms with van der Waals surface area (Å²) in [5, 5.41) is 0.